The van der Waals surface area contributed by atoms with Gasteiger partial charge in [0, 0.05) is 17.8 Å². The summed E-state index contributed by atoms with van der Waals surface area (Å²) in [4.78, 5) is 24.2. The van der Waals surface area contributed by atoms with Crippen LogP contribution in [-0.2, 0) is 9.59 Å². The predicted octanol–water partition coefficient (Wildman–Crippen LogP) is 2.76. The number of fused-ring (bicyclic) bond motifs is 1. The number of amides is 2. The number of benzene rings is 2. The summed E-state index contributed by atoms with van der Waals surface area (Å²) in [6.45, 7) is 0. The van der Waals surface area contributed by atoms with E-state index in [2.05, 4.69) is 10.6 Å². The van der Waals surface area contributed by atoms with E-state index in [9.17, 15) is 14.0 Å². The van der Waals surface area contributed by atoms with Gasteiger partial charge in [0.1, 0.15) is 5.82 Å². The number of rotatable bonds is 2. The summed E-state index contributed by atoms with van der Waals surface area (Å²) >= 11 is 0. The minimum Gasteiger partial charge on any atom is -0.326 e. The number of hydrogen-bond donors (Lipinski definition) is 2. The van der Waals surface area contributed by atoms with Crippen LogP contribution < -0.4 is 10.6 Å². The Morgan fingerprint density at radius 3 is 2.70 bits per heavy atom. The number of nitriles is 1. The summed E-state index contributed by atoms with van der Waals surface area (Å²) < 4.78 is 13.3. The lowest BCUT2D eigenvalue weighted by atomic mass is 9.89. The summed E-state index contributed by atoms with van der Waals surface area (Å²) in [6.07, 6.45) is 0.000739. The Hall–Kier alpha value is -3.20. The van der Waals surface area contributed by atoms with Crippen molar-refractivity contribution in [2.45, 2.75) is 12.3 Å². The van der Waals surface area contributed by atoms with Crippen molar-refractivity contribution in [3.05, 3.63) is 59.4 Å². The molecule has 2 N–H and O–H groups in total. The van der Waals surface area contributed by atoms with Crippen LogP contribution in [0.1, 0.15) is 23.5 Å². The fourth-order valence-corrected chi connectivity index (χ4v) is 2.53. The molecule has 6 heteroatoms. The minimum absolute atomic E-state index is 0.000739. The Kier molecular flexibility index (Phi) is 3.77. The molecular formula is C17H12FN3O2. The highest BCUT2D eigenvalue weighted by Crippen LogP contribution is 2.33. The molecule has 2 aromatic rings. The first-order valence-electron chi connectivity index (χ1n) is 6.97. The van der Waals surface area contributed by atoms with E-state index in [1.54, 1.807) is 24.3 Å². The van der Waals surface area contributed by atoms with Gasteiger partial charge in [0.25, 0.3) is 0 Å². The molecule has 1 unspecified atom stereocenters. The van der Waals surface area contributed by atoms with Gasteiger partial charge in [0.2, 0.25) is 11.8 Å². The van der Waals surface area contributed by atoms with Crippen molar-refractivity contribution in [3.63, 3.8) is 0 Å². The van der Waals surface area contributed by atoms with E-state index in [0.29, 0.717) is 22.5 Å². The minimum atomic E-state index is -0.685. The van der Waals surface area contributed by atoms with Gasteiger partial charge in [-0.1, -0.05) is 6.07 Å². The van der Waals surface area contributed by atoms with Crippen molar-refractivity contribution < 1.29 is 14.0 Å². The van der Waals surface area contributed by atoms with Crippen molar-refractivity contribution in [1.82, 2.24) is 0 Å². The fourth-order valence-electron chi connectivity index (χ4n) is 2.53. The fraction of sp³-hybridized carbons (Fsp3) is 0.118. The molecule has 3 rings (SSSR count). The lowest BCUT2D eigenvalue weighted by Crippen LogP contribution is -2.30. The van der Waals surface area contributed by atoms with E-state index < -0.39 is 11.7 Å². The average Bonchev–Trinajstić information content (AvgIpc) is 2.54. The zero-order chi connectivity index (χ0) is 16.4. The number of halogens is 1. The van der Waals surface area contributed by atoms with E-state index in [0.717, 1.165) is 0 Å². The molecule has 0 saturated carbocycles. The van der Waals surface area contributed by atoms with Crippen LogP contribution in [0.2, 0.25) is 0 Å². The van der Waals surface area contributed by atoms with E-state index in [1.165, 1.54) is 18.2 Å². The third-order valence-corrected chi connectivity index (χ3v) is 3.65. The van der Waals surface area contributed by atoms with E-state index in [4.69, 9.17) is 5.26 Å². The molecule has 0 fully saturated rings. The monoisotopic (exact) mass is 309 g/mol. The highest BCUT2D eigenvalue weighted by Gasteiger charge is 2.30. The second kappa shape index (κ2) is 5.89. The molecule has 0 bridgehead atoms. The van der Waals surface area contributed by atoms with Gasteiger partial charge in [-0.15, -0.1) is 0 Å². The normalized spacial score (nSPS) is 16.0. The zero-order valence-corrected chi connectivity index (χ0v) is 12.0. The van der Waals surface area contributed by atoms with Crippen LogP contribution in [0.15, 0.2) is 42.5 Å². The molecule has 0 radical (unpaired) electrons. The maximum absolute atomic E-state index is 13.3. The van der Waals surface area contributed by atoms with Gasteiger partial charge in [-0.05, 0) is 42.0 Å². The molecule has 1 aliphatic rings. The molecule has 2 amide bonds. The van der Waals surface area contributed by atoms with Crippen LogP contribution in [0, 0.1) is 17.1 Å². The number of hydrogen-bond acceptors (Lipinski definition) is 3. The first-order valence-corrected chi connectivity index (χ1v) is 6.97. The molecule has 0 spiro atoms. The lowest BCUT2D eigenvalue weighted by Gasteiger charge is -2.24. The topological polar surface area (TPSA) is 82.0 Å². The van der Waals surface area contributed by atoms with Gasteiger partial charge >= 0.3 is 0 Å². The lowest BCUT2D eigenvalue weighted by molar-refractivity contribution is -0.123. The second-order valence-corrected chi connectivity index (χ2v) is 5.21. The van der Waals surface area contributed by atoms with E-state index in [1.807, 2.05) is 6.07 Å². The number of nitrogens with one attached hydrogen (secondary N) is 2. The third kappa shape index (κ3) is 3.04. The highest BCUT2D eigenvalue weighted by atomic mass is 19.1. The Balaban J connectivity index is 1.85. The second-order valence-electron chi connectivity index (χ2n) is 5.21. The zero-order valence-electron chi connectivity index (χ0n) is 12.0. The first-order chi connectivity index (χ1) is 11.1. The van der Waals surface area contributed by atoms with Crippen LogP contribution in [-0.4, -0.2) is 11.8 Å². The average molecular weight is 309 g/mol. The summed E-state index contributed by atoms with van der Waals surface area (Å²) in [6, 6.07) is 12.4. The van der Waals surface area contributed by atoms with E-state index >= 15 is 0 Å². The molecule has 1 aliphatic heterocycles. The third-order valence-electron chi connectivity index (χ3n) is 3.65. The standard InChI is InChI=1S/C17H12FN3O2/c18-11-3-6-13-14(8-16(22)21-15(13)7-11)17(23)20-12-4-1-10(9-19)2-5-12/h1-7,14H,8H2,(H,20,23)(H,21,22). The number of carbonyl (C=O) groups is 2. The molecule has 0 aliphatic carbocycles. The van der Waals surface area contributed by atoms with Gasteiger partial charge in [-0.3, -0.25) is 9.59 Å². The predicted molar refractivity (Wildman–Crippen MR) is 82.2 cm³/mol. The maximum atomic E-state index is 13.3. The van der Waals surface area contributed by atoms with E-state index in [-0.39, 0.29) is 18.2 Å². The molecule has 5 nitrogen and oxygen atoms in total. The van der Waals surface area contributed by atoms with Gasteiger partial charge < -0.3 is 10.6 Å². The Bertz CT molecular complexity index is 825. The summed E-state index contributed by atoms with van der Waals surface area (Å²) in [5, 5.41) is 14.0. The van der Waals surface area contributed by atoms with Crippen LogP contribution in [0.3, 0.4) is 0 Å². The van der Waals surface area contributed by atoms with Gasteiger partial charge in [-0.2, -0.15) is 5.26 Å². The van der Waals surface area contributed by atoms with Crippen LogP contribution in [0.4, 0.5) is 15.8 Å². The summed E-state index contributed by atoms with van der Waals surface area (Å²) in [7, 11) is 0. The molecule has 0 aromatic heterocycles. The maximum Gasteiger partial charge on any atom is 0.232 e. The molecular weight excluding hydrogens is 297 g/mol. The Labute approximate surface area is 131 Å². The molecule has 1 heterocycles. The van der Waals surface area contributed by atoms with Crippen molar-refractivity contribution in [2.75, 3.05) is 10.6 Å². The molecule has 0 saturated heterocycles. The van der Waals surface area contributed by atoms with Crippen LogP contribution >= 0.6 is 0 Å². The van der Waals surface area contributed by atoms with Crippen LogP contribution in [0.5, 0.6) is 0 Å². The molecule has 23 heavy (non-hydrogen) atoms. The Morgan fingerprint density at radius 2 is 2.00 bits per heavy atom. The highest BCUT2D eigenvalue weighted by molar-refractivity contribution is 6.05. The summed E-state index contributed by atoms with van der Waals surface area (Å²) in [5.74, 6) is -1.84. The Morgan fingerprint density at radius 1 is 1.26 bits per heavy atom. The largest absolute Gasteiger partial charge is 0.326 e. The molecule has 1 atom stereocenters. The number of carbonyl (C=O) groups excluding carboxylic acids is 2. The smallest absolute Gasteiger partial charge is 0.232 e. The number of anilines is 2. The summed E-state index contributed by atoms with van der Waals surface area (Å²) in [5.41, 5.74) is 1.92. The molecule has 114 valence electrons. The number of nitrogens with zero attached hydrogens (tertiary/aromatic N) is 1. The van der Waals surface area contributed by atoms with Gasteiger partial charge in [0.15, 0.2) is 0 Å². The molecule has 2 aromatic carbocycles. The van der Waals surface area contributed by atoms with Crippen molar-refractivity contribution in [3.8, 4) is 6.07 Å². The van der Waals surface area contributed by atoms with Crippen LogP contribution in [0.25, 0.3) is 0 Å². The van der Waals surface area contributed by atoms with Crippen molar-refractivity contribution in [2.24, 2.45) is 0 Å². The van der Waals surface area contributed by atoms with Gasteiger partial charge in [0.05, 0.1) is 17.6 Å². The van der Waals surface area contributed by atoms with Crippen molar-refractivity contribution in [1.29, 1.82) is 5.26 Å². The quantitative estimate of drug-likeness (QED) is 0.895. The van der Waals surface area contributed by atoms with Gasteiger partial charge in [-0.25, -0.2) is 4.39 Å². The first kappa shape index (κ1) is 14.7. The SMILES string of the molecule is N#Cc1ccc(NC(=O)C2CC(=O)Nc3cc(F)ccc32)cc1. The van der Waals surface area contributed by atoms with Crippen molar-refractivity contribution >= 4 is 23.2 Å².